The molecule has 0 unspecified atom stereocenters. The third kappa shape index (κ3) is 4.01. The minimum Gasteiger partial charge on any atom is -0.247 e. The molecule has 3 heteroatoms. The monoisotopic (exact) mass is 215 g/mol. The molecule has 1 heterocycles. The van der Waals surface area contributed by atoms with Crippen LogP contribution >= 0.6 is 23.4 Å². The molecular weight excluding hydrogens is 202 g/mol. The molecule has 1 aromatic rings. The molecule has 0 saturated carbocycles. The molecule has 0 aliphatic rings. The van der Waals surface area contributed by atoms with Gasteiger partial charge in [0.1, 0.15) is 0 Å². The molecule has 0 aliphatic heterocycles. The highest BCUT2D eigenvalue weighted by molar-refractivity contribution is 7.99. The van der Waals surface area contributed by atoms with Crippen LogP contribution in [0.1, 0.15) is 17.7 Å². The number of alkyl halides is 1. The molecule has 13 heavy (non-hydrogen) atoms. The van der Waals surface area contributed by atoms with Gasteiger partial charge >= 0.3 is 0 Å². The molecule has 0 N–H and O–H groups in total. The highest BCUT2D eigenvalue weighted by atomic mass is 35.5. The van der Waals surface area contributed by atoms with E-state index in [1.165, 1.54) is 5.56 Å². The van der Waals surface area contributed by atoms with Gasteiger partial charge in [-0.15, -0.1) is 23.4 Å². The Bertz CT molecular complexity index is 255. The highest BCUT2D eigenvalue weighted by Crippen LogP contribution is 2.18. The number of hydrogen-bond donors (Lipinski definition) is 0. The van der Waals surface area contributed by atoms with Crippen LogP contribution in [0.5, 0.6) is 0 Å². The van der Waals surface area contributed by atoms with Crippen molar-refractivity contribution in [3.63, 3.8) is 0 Å². The molecule has 1 nitrogen and oxygen atoms in total. The van der Waals surface area contributed by atoms with E-state index in [1.54, 1.807) is 11.8 Å². The summed E-state index contributed by atoms with van der Waals surface area (Å²) in [5, 5.41) is 1.11. The van der Waals surface area contributed by atoms with E-state index in [0.717, 1.165) is 28.8 Å². The summed E-state index contributed by atoms with van der Waals surface area (Å²) >= 11 is 7.37. The number of halogens is 1. The smallest absolute Gasteiger partial charge is 0.0965 e. The van der Waals surface area contributed by atoms with Gasteiger partial charge < -0.3 is 0 Å². The highest BCUT2D eigenvalue weighted by Gasteiger charge is 1.97. The van der Waals surface area contributed by atoms with Gasteiger partial charge in [-0.2, -0.15) is 0 Å². The molecule has 1 rings (SSSR count). The zero-order valence-corrected chi connectivity index (χ0v) is 9.58. The Morgan fingerprint density at radius 1 is 1.38 bits per heavy atom. The Kier molecular flexibility index (Phi) is 4.60. The predicted octanol–water partition coefficient (Wildman–Crippen LogP) is 3.42. The van der Waals surface area contributed by atoms with E-state index >= 15 is 0 Å². The second-order valence-corrected chi connectivity index (χ2v) is 4.51. The lowest BCUT2D eigenvalue weighted by Gasteiger charge is -2.02. The van der Waals surface area contributed by atoms with Gasteiger partial charge in [0.2, 0.25) is 0 Å². The summed E-state index contributed by atoms with van der Waals surface area (Å²) in [7, 11) is 0. The van der Waals surface area contributed by atoms with Gasteiger partial charge in [0, 0.05) is 17.3 Å². The largest absolute Gasteiger partial charge is 0.247 e. The maximum Gasteiger partial charge on any atom is 0.0965 e. The molecule has 0 bridgehead atoms. The van der Waals surface area contributed by atoms with Crippen LogP contribution in [-0.2, 0) is 0 Å². The number of hydrogen-bond acceptors (Lipinski definition) is 2. The first-order chi connectivity index (χ1) is 6.22. The van der Waals surface area contributed by atoms with Gasteiger partial charge in [-0.25, -0.2) is 4.98 Å². The van der Waals surface area contributed by atoms with E-state index in [9.17, 15) is 0 Å². The summed E-state index contributed by atoms with van der Waals surface area (Å²) < 4.78 is 0. The van der Waals surface area contributed by atoms with Crippen LogP contribution in [0, 0.1) is 13.8 Å². The number of nitrogens with zero attached hydrogens (tertiary/aromatic N) is 1. The topological polar surface area (TPSA) is 12.9 Å². The van der Waals surface area contributed by atoms with Crippen LogP contribution in [-0.4, -0.2) is 16.6 Å². The van der Waals surface area contributed by atoms with E-state index < -0.39 is 0 Å². The van der Waals surface area contributed by atoms with Crippen LogP contribution in [0.25, 0.3) is 0 Å². The third-order valence-electron chi connectivity index (χ3n) is 1.60. The molecular formula is C10H14ClNS. The van der Waals surface area contributed by atoms with Crippen LogP contribution in [0.2, 0.25) is 0 Å². The average Bonchev–Trinajstić information content (AvgIpc) is 2.03. The van der Waals surface area contributed by atoms with Gasteiger partial charge in [0.25, 0.3) is 0 Å². The normalized spacial score (nSPS) is 10.4. The lowest BCUT2D eigenvalue weighted by Crippen LogP contribution is -1.88. The lowest BCUT2D eigenvalue weighted by molar-refractivity contribution is 1.04. The zero-order chi connectivity index (χ0) is 9.68. The van der Waals surface area contributed by atoms with Gasteiger partial charge in [0.15, 0.2) is 0 Å². The van der Waals surface area contributed by atoms with Crippen LogP contribution in [0.3, 0.4) is 0 Å². The van der Waals surface area contributed by atoms with E-state index in [1.807, 2.05) is 6.92 Å². The molecule has 0 atom stereocenters. The fourth-order valence-electron chi connectivity index (χ4n) is 1.11. The SMILES string of the molecule is Cc1cc(C)nc(SCCCCl)c1. The molecule has 0 spiro atoms. The number of aryl methyl sites for hydroxylation is 2. The van der Waals surface area contributed by atoms with Gasteiger partial charge in [-0.1, -0.05) is 0 Å². The van der Waals surface area contributed by atoms with Crippen molar-refractivity contribution < 1.29 is 0 Å². The third-order valence-corrected chi connectivity index (χ3v) is 2.87. The van der Waals surface area contributed by atoms with Crippen LogP contribution in [0.15, 0.2) is 17.2 Å². The van der Waals surface area contributed by atoms with Crippen molar-refractivity contribution in [1.82, 2.24) is 4.98 Å². The quantitative estimate of drug-likeness (QED) is 0.434. The van der Waals surface area contributed by atoms with E-state index in [2.05, 4.69) is 24.0 Å². The first-order valence-corrected chi connectivity index (χ1v) is 5.88. The Labute approximate surface area is 88.9 Å². The maximum atomic E-state index is 5.60. The van der Waals surface area contributed by atoms with Crippen molar-refractivity contribution >= 4 is 23.4 Å². The maximum absolute atomic E-state index is 5.60. The van der Waals surface area contributed by atoms with Crippen LogP contribution in [0.4, 0.5) is 0 Å². The van der Waals surface area contributed by atoms with Gasteiger partial charge in [-0.05, 0) is 38.0 Å². The molecule has 1 aromatic heterocycles. The summed E-state index contributed by atoms with van der Waals surface area (Å²) in [5.74, 6) is 1.79. The molecule has 0 fully saturated rings. The Hall–Kier alpha value is -0.210. The summed E-state index contributed by atoms with van der Waals surface area (Å²) in [4.78, 5) is 4.43. The number of pyridine rings is 1. The first-order valence-electron chi connectivity index (χ1n) is 4.36. The van der Waals surface area contributed by atoms with Gasteiger partial charge in [0.05, 0.1) is 5.03 Å². The molecule has 0 amide bonds. The average molecular weight is 216 g/mol. The Morgan fingerprint density at radius 3 is 2.77 bits per heavy atom. The van der Waals surface area contributed by atoms with Crippen molar-refractivity contribution in [2.24, 2.45) is 0 Å². The summed E-state index contributed by atoms with van der Waals surface area (Å²) in [6, 6.07) is 4.21. The Balaban J connectivity index is 2.56. The minimum atomic E-state index is 0.734. The van der Waals surface area contributed by atoms with Crippen molar-refractivity contribution in [3.05, 3.63) is 23.4 Å². The number of thioether (sulfide) groups is 1. The first kappa shape index (κ1) is 10.9. The second-order valence-electron chi connectivity index (χ2n) is 3.02. The Morgan fingerprint density at radius 2 is 2.15 bits per heavy atom. The van der Waals surface area contributed by atoms with E-state index in [0.29, 0.717) is 0 Å². The van der Waals surface area contributed by atoms with Crippen molar-refractivity contribution in [3.8, 4) is 0 Å². The zero-order valence-electron chi connectivity index (χ0n) is 8.01. The number of aromatic nitrogens is 1. The fourth-order valence-corrected chi connectivity index (χ4v) is 2.38. The van der Waals surface area contributed by atoms with Crippen molar-refractivity contribution in [2.45, 2.75) is 25.3 Å². The minimum absolute atomic E-state index is 0.734. The predicted molar refractivity (Wildman–Crippen MR) is 59.8 cm³/mol. The summed E-state index contributed by atoms with van der Waals surface area (Å²) in [6.45, 7) is 4.12. The van der Waals surface area contributed by atoms with Crippen molar-refractivity contribution in [1.29, 1.82) is 0 Å². The van der Waals surface area contributed by atoms with Crippen molar-refractivity contribution in [2.75, 3.05) is 11.6 Å². The van der Waals surface area contributed by atoms with Gasteiger partial charge in [-0.3, -0.25) is 0 Å². The number of rotatable bonds is 4. The molecule has 0 saturated heterocycles. The standard InChI is InChI=1S/C10H14ClNS/c1-8-6-9(2)12-10(7-8)13-5-3-4-11/h6-7H,3-5H2,1-2H3. The summed E-state index contributed by atoms with van der Waals surface area (Å²) in [5.41, 5.74) is 2.37. The molecule has 0 aliphatic carbocycles. The molecule has 0 radical (unpaired) electrons. The lowest BCUT2D eigenvalue weighted by atomic mass is 10.3. The molecule has 0 aromatic carbocycles. The fraction of sp³-hybridized carbons (Fsp3) is 0.500. The van der Waals surface area contributed by atoms with E-state index in [-0.39, 0.29) is 0 Å². The second kappa shape index (κ2) is 5.51. The van der Waals surface area contributed by atoms with Crippen LogP contribution < -0.4 is 0 Å². The summed E-state index contributed by atoms with van der Waals surface area (Å²) in [6.07, 6.45) is 1.04. The van der Waals surface area contributed by atoms with E-state index in [4.69, 9.17) is 11.6 Å². The molecule has 72 valence electrons.